The average Bonchev–Trinajstić information content (AvgIpc) is 2.74. The first-order chi connectivity index (χ1) is 13.8. The standard InChI is InChI=1S/C22H28N2O4S/c1-16-11-12-20(28-3)19(15-16)17(2)23-22(25)18-9-5-6-10-21(18)29(26,27)24-13-7-4-8-14-24/h5-6,9-12,15,17H,4,7-8,13-14H2,1-3H3,(H,23,25). The largest absolute Gasteiger partial charge is 0.496 e. The SMILES string of the molecule is COc1ccc(C)cc1C(C)NC(=O)c1ccccc1S(=O)(=O)N1CCCCC1. The smallest absolute Gasteiger partial charge is 0.253 e. The van der Waals surface area contributed by atoms with Gasteiger partial charge in [0.2, 0.25) is 10.0 Å². The minimum absolute atomic E-state index is 0.0582. The molecule has 1 atom stereocenters. The van der Waals surface area contributed by atoms with Crippen molar-refractivity contribution in [1.82, 2.24) is 9.62 Å². The second kappa shape index (κ2) is 8.97. The molecular formula is C22H28N2O4S. The zero-order valence-electron chi connectivity index (χ0n) is 17.1. The molecule has 0 spiro atoms. The Balaban J connectivity index is 1.88. The second-order valence-electron chi connectivity index (χ2n) is 7.40. The fourth-order valence-electron chi connectivity index (χ4n) is 3.67. The van der Waals surface area contributed by atoms with Crippen molar-refractivity contribution in [3.63, 3.8) is 0 Å². The van der Waals surface area contributed by atoms with Gasteiger partial charge in [0.1, 0.15) is 5.75 Å². The number of piperidine rings is 1. The van der Waals surface area contributed by atoms with E-state index in [1.54, 1.807) is 25.3 Å². The quantitative estimate of drug-likeness (QED) is 0.780. The summed E-state index contributed by atoms with van der Waals surface area (Å²) in [6.07, 6.45) is 2.72. The van der Waals surface area contributed by atoms with Crippen molar-refractivity contribution in [3.8, 4) is 5.75 Å². The molecule has 1 N–H and O–H groups in total. The van der Waals surface area contributed by atoms with E-state index in [2.05, 4.69) is 5.32 Å². The lowest BCUT2D eigenvalue weighted by Crippen LogP contribution is -2.37. The van der Waals surface area contributed by atoms with Crippen LogP contribution in [0.4, 0.5) is 0 Å². The molecule has 1 saturated heterocycles. The van der Waals surface area contributed by atoms with E-state index >= 15 is 0 Å². The maximum Gasteiger partial charge on any atom is 0.253 e. The van der Waals surface area contributed by atoms with Gasteiger partial charge in [0.25, 0.3) is 5.91 Å². The summed E-state index contributed by atoms with van der Waals surface area (Å²) in [5, 5.41) is 2.93. The second-order valence-corrected chi connectivity index (χ2v) is 9.31. The minimum Gasteiger partial charge on any atom is -0.496 e. The highest BCUT2D eigenvalue weighted by Gasteiger charge is 2.30. The molecule has 1 aliphatic heterocycles. The van der Waals surface area contributed by atoms with Crippen LogP contribution in [0.15, 0.2) is 47.4 Å². The Kier molecular flexibility index (Phi) is 6.59. The third-order valence-electron chi connectivity index (χ3n) is 5.26. The summed E-state index contributed by atoms with van der Waals surface area (Å²) >= 11 is 0. The van der Waals surface area contributed by atoms with Gasteiger partial charge < -0.3 is 10.1 Å². The average molecular weight is 417 g/mol. The van der Waals surface area contributed by atoms with Gasteiger partial charge in [-0.1, -0.05) is 36.2 Å². The lowest BCUT2D eigenvalue weighted by molar-refractivity contribution is 0.0936. The molecule has 1 heterocycles. The van der Waals surface area contributed by atoms with E-state index in [1.165, 1.54) is 10.4 Å². The van der Waals surface area contributed by atoms with E-state index < -0.39 is 15.9 Å². The zero-order chi connectivity index (χ0) is 21.0. The van der Waals surface area contributed by atoms with Crippen molar-refractivity contribution in [2.24, 2.45) is 0 Å². The summed E-state index contributed by atoms with van der Waals surface area (Å²) in [6, 6.07) is 11.8. The highest BCUT2D eigenvalue weighted by atomic mass is 32.2. The van der Waals surface area contributed by atoms with Gasteiger partial charge in [-0.15, -0.1) is 0 Å². The van der Waals surface area contributed by atoms with E-state index in [4.69, 9.17) is 4.74 Å². The molecule has 2 aromatic carbocycles. The number of benzene rings is 2. The molecule has 156 valence electrons. The Hall–Kier alpha value is -2.38. The first-order valence-electron chi connectivity index (χ1n) is 9.89. The van der Waals surface area contributed by atoms with Crippen LogP contribution in [0.1, 0.15) is 53.7 Å². The predicted octanol–water partition coefficient (Wildman–Crippen LogP) is 3.67. The first kappa shape index (κ1) is 21.3. The number of aryl methyl sites for hydroxylation is 1. The number of sulfonamides is 1. The fraction of sp³-hybridized carbons (Fsp3) is 0.409. The van der Waals surface area contributed by atoms with Gasteiger partial charge in [-0.05, 0) is 44.9 Å². The molecule has 0 bridgehead atoms. The normalized spacial score (nSPS) is 16.2. The van der Waals surface area contributed by atoms with E-state index in [9.17, 15) is 13.2 Å². The predicted molar refractivity (Wildman–Crippen MR) is 113 cm³/mol. The van der Waals surface area contributed by atoms with Crippen LogP contribution >= 0.6 is 0 Å². The van der Waals surface area contributed by atoms with Crippen LogP contribution in [0.3, 0.4) is 0 Å². The number of nitrogens with zero attached hydrogens (tertiary/aromatic N) is 1. The number of methoxy groups -OCH3 is 1. The van der Waals surface area contributed by atoms with Gasteiger partial charge in [-0.25, -0.2) is 8.42 Å². The van der Waals surface area contributed by atoms with Gasteiger partial charge in [0.05, 0.1) is 23.6 Å². The number of nitrogens with one attached hydrogen (secondary N) is 1. The Labute approximate surface area is 172 Å². The van der Waals surface area contributed by atoms with E-state index in [-0.39, 0.29) is 16.5 Å². The Bertz CT molecular complexity index is 982. The van der Waals surface area contributed by atoms with Crippen LogP contribution in [-0.2, 0) is 10.0 Å². The molecule has 2 aromatic rings. The van der Waals surface area contributed by atoms with Crippen molar-refractivity contribution >= 4 is 15.9 Å². The lowest BCUT2D eigenvalue weighted by atomic mass is 10.0. The molecule has 0 radical (unpaired) electrons. The van der Waals surface area contributed by atoms with Crippen molar-refractivity contribution in [2.45, 2.75) is 44.0 Å². The summed E-state index contributed by atoms with van der Waals surface area (Å²) in [4.78, 5) is 13.1. The fourth-order valence-corrected chi connectivity index (χ4v) is 5.37. The van der Waals surface area contributed by atoms with Gasteiger partial charge >= 0.3 is 0 Å². The topological polar surface area (TPSA) is 75.7 Å². The molecule has 0 aliphatic carbocycles. The number of rotatable bonds is 6. The van der Waals surface area contributed by atoms with Crippen molar-refractivity contribution in [2.75, 3.05) is 20.2 Å². The van der Waals surface area contributed by atoms with Gasteiger partial charge in [-0.3, -0.25) is 4.79 Å². The van der Waals surface area contributed by atoms with Crippen LogP contribution in [0.25, 0.3) is 0 Å². The number of hydrogen-bond donors (Lipinski definition) is 1. The van der Waals surface area contributed by atoms with E-state index in [1.807, 2.05) is 32.0 Å². The summed E-state index contributed by atoms with van der Waals surface area (Å²) in [6.45, 7) is 4.82. The Morgan fingerprint density at radius 3 is 2.48 bits per heavy atom. The summed E-state index contributed by atoms with van der Waals surface area (Å²) in [7, 11) is -2.12. The first-order valence-corrected chi connectivity index (χ1v) is 11.3. The Morgan fingerprint density at radius 1 is 1.10 bits per heavy atom. The summed E-state index contributed by atoms with van der Waals surface area (Å²) in [5.41, 5.74) is 2.06. The molecule has 0 saturated carbocycles. The van der Waals surface area contributed by atoms with Crippen LogP contribution in [0, 0.1) is 6.92 Å². The third-order valence-corrected chi connectivity index (χ3v) is 7.22. The number of amides is 1. The summed E-state index contributed by atoms with van der Waals surface area (Å²) < 4.78 is 33.2. The molecular weight excluding hydrogens is 388 g/mol. The van der Waals surface area contributed by atoms with Crippen molar-refractivity contribution < 1.29 is 17.9 Å². The van der Waals surface area contributed by atoms with E-state index in [0.29, 0.717) is 18.8 Å². The maximum absolute atomic E-state index is 13.1. The third kappa shape index (κ3) is 4.62. The van der Waals surface area contributed by atoms with E-state index in [0.717, 1.165) is 30.4 Å². The summed E-state index contributed by atoms with van der Waals surface area (Å²) in [5.74, 6) is 0.259. The molecule has 1 fully saturated rings. The molecule has 6 nitrogen and oxygen atoms in total. The molecule has 1 aliphatic rings. The number of carbonyl (C=O) groups is 1. The molecule has 29 heavy (non-hydrogen) atoms. The molecule has 1 amide bonds. The van der Waals surface area contributed by atoms with Crippen molar-refractivity contribution in [3.05, 3.63) is 59.2 Å². The van der Waals surface area contributed by atoms with Gasteiger partial charge in [0.15, 0.2) is 0 Å². The molecule has 7 heteroatoms. The number of carbonyl (C=O) groups excluding carboxylic acids is 1. The number of hydrogen-bond acceptors (Lipinski definition) is 4. The Morgan fingerprint density at radius 2 is 1.79 bits per heavy atom. The monoisotopic (exact) mass is 416 g/mol. The van der Waals surface area contributed by atoms with Crippen LogP contribution in [-0.4, -0.2) is 38.8 Å². The molecule has 1 unspecified atom stereocenters. The van der Waals surface area contributed by atoms with Gasteiger partial charge in [0, 0.05) is 18.7 Å². The highest BCUT2D eigenvalue weighted by Crippen LogP contribution is 2.28. The lowest BCUT2D eigenvalue weighted by Gasteiger charge is -2.27. The zero-order valence-corrected chi connectivity index (χ0v) is 18.0. The minimum atomic E-state index is -3.71. The molecule has 0 aromatic heterocycles. The van der Waals surface area contributed by atoms with Crippen LogP contribution < -0.4 is 10.1 Å². The number of ether oxygens (including phenoxy) is 1. The van der Waals surface area contributed by atoms with Crippen molar-refractivity contribution in [1.29, 1.82) is 0 Å². The maximum atomic E-state index is 13.1. The molecule has 3 rings (SSSR count). The van der Waals surface area contributed by atoms with Gasteiger partial charge in [-0.2, -0.15) is 4.31 Å². The van der Waals surface area contributed by atoms with Crippen LogP contribution in [0.2, 0.25) is 0 Å². The van der Waals surface area contributed by atoms with Crippen LogP contribution in [0.5, 0.6) is 5.75 Å². The highest BCUT2D eigenvalue weighted by molar-refractivity contribution is 7.89.